The normalized spacial score (nSPS) is 11.0. The SMILES string of the molecule is CCCCCCCCCCN(CCC(=O)O)CCC(=O)O. The van der Waals surface area contributed by atoms with Crippen LogP contribution in [0.3, 0.4) is 0 Å². The van der Waals surface area contributed by atoms with Crippen LogP contribution in [0.1, 0.15) is 71.1 Å². The lowest BCUT2D eigenvalue weighted by atomic mass is 10.1. The zero-order chi connectivity index (χ0) is 15.9. The number of aliphatic carboxylic acids is 2. The Balaban J connectivity index is 3.68. The third-order valence-corrected chi connectivity index (χ3v) is 3.61. The summed E-state index contributed by atoms with van der Waals surface area (Å²) in [5.41, 5.74) is 0. The molecular formula is C16H31NO4. The van der Waals surface area contributed by atoms with Crippen LogP contribution in [0.25, 0.3) is 0 Å². The Kier molecular flexibility index (Phi) is 13.1. The molecule has 0 saturated carbocycles. The van der Waals surface area contributed by atoms with Gasteiger partial charge in [-0.2, -0.15) is 0 Å². The van der Waals surface area contributed by atoms with Crippen molar-refractivity contribution in [2.75, 3.05) is 19.6 Å². The third kappa shape index (κ3) is 15.1. The Bertz CT molecular complexity index is 263. The highest BCUT2D eigenvalue weighted by molar-refractivity contribution is 5.67. The third-order valence-electron chi connectivity index (χ3n) is 3.61. The highest BCUT2D eigenvalue weighted by Crippen LogP contribution is 2.09. The van der Waals surface area contributed by atoms with Gasteiger partial charge in [0, 0.05) is 13.1 Å². The van der Waals surface area contributed by atoms with E-state index in [9.17, 15) is 9.59 Å². The Morgan fingerprint density at radius 2 is 1.14 bits per heavy atom. The molecule has 0 fully saturated rings. The summed E-state index contributed by atoms with van der Waals surface area (Å²) in [5, 5.41) is 17.4. The van der Waals surface area contributed by atoms with E-state index in [1.54, 1.807) is 0 Å². The summed E-state index contributed by atoms with van der Waals surface area (Å²) in [6.45, 7) is 3.90. The van der Waals surface area contributed by atoms with Gasteiger partial charge in [0.1, 0.15) is 0 Å². The van der Waals surface area contributed by atoms with Crippen molar-refractivity contribution < 1.29 is 19.8 Å². The first-order valence-corrected chi connectivity index (χ1v) is 8.22. The van der Waals surface area contributed by atoms with Crippen LogP contribution in [-0.2, 0) is 9.59 Å². The van der Waals surface area contributed by atoms with Gasteiger partial charge in [-0.05, 0) is 13.0 Å². The summed E-state index contributed by atoms with van der Waals surface area (Å²) < 4.78 is 0. The topological polar surface area (TPSA) is 77.8 Å². The number of rotatable bonds is 15. The minimum absolute atomic E-state index is 0.0800. The molecule has 0 radical (unpaired) electrons. The maximum absolute atomic E-state index is 10.6. The van der Waals surface area contributed by atoms with Crippen LogP contribution < -0.4 is 0 Å². The molecule has 0 spiro atoms. The summed E-state index contributed by atoms with van der Waals surface area (Å²) in [5.74, 6) is -1.66. The standard InChI is InChI=1S/C16H31NO4/c1-2-3-4-5-6-7-8-9-12-17(13-10-15(18)19)14-11-16(20)21/h2-14H2,1H3,(H,18,19)(H,20,21). The molecular weight excluding hydrogens is 270 g/mol. The molecule has 0 aliphatic heterocycles. The summed E-state index contributed by atoms with van der Waals surface area (Å²) in [6, 6.07) is 0. The molecule has 0 saturated heterocycles. The maximum Gasteiger partial charge on any atom is 0.304 e. The first-order valence-electron chi connectivity index (χ1n) is 8.22. The van der Waals surface area contributed by atoms with Crippen molar-refractivity contribution in [3.8, 4) is 0 Å². The Labute approximate surface area is 128 Å². The predicted octanol–water partition coefficient (Wildman–Crippen LogP) is 3.38. The van der Waals surface area contributed by atoms with Crippen LogP contribution in [0.2, 0.25) is 0 Å². The maximum atomic E-state index is 10.6. The van der Waals surface area contributed by atoms with Crippen molar-refractivity contribution in [2.45, 2.75) is 71.1 Å². The van der Waals surface area contributed by atoms with Gasteiger partial charge >= 0.3 is 11.9 Å². The van der Waals surface area contributed by atoms with Gasteiger partial charge in [0.25, 0.3) is 0 Å². The molecule has 0 heterocycles. The van der Waals surface area contributed by atoms with Gasteiger partial charge in [0.05, 0.1) is 12.8 Å². The fourth-order valence-electron chi connectivity index (χ4n) is 2.31. The molecule has 0 aliphatic rings. The van der Waals surface area contributed by atoms with Crippen molar-refractivity contribution in [3.05, 3.63) is 0 Å². The van der Waals surface area contributed by atoms with Gasteiger partial charge in [-0.25, -0.2) is 0 Å². The van der Waals surface area contributed by atoms with E-state index in [1.165, 1.54) is 38.5 Å². The molecule has 0 bridgehead atoms. The number of unbranched alkanes of at least 4 members (excludes halogenated alkanes) is 7. The molecule has 0 aromatic carbocycles. The Morgan fingerprint density at radius 1 is 0.714 bits per heavy atom. The Morgan fingerprint density at radius 3 is 1.57 bits per heavy atom. The van der Waals surface area contributed by atoms with Gasteiger partial charge in [-0.15, -0.1) is 0 Å². The molecule has 0 aromatic rings. The van der Waals surface area contributed by atoms with E-state index in [0.29, 0.717) is 13.1 Å². The summed E-state index contributed by atoms with van der Waals surface area (Å²) in [7, 11) is 0. The quantitative estimate of drug-likeness (QED) is 0.453. The van der Waals surface area contributed by atoms with Crippen molar-refractivity contribution in [2.24, 2.45) is 0 Å². The van der Waals surface area contributed by atoms with Crippen molar-refractivity contribution in [3.63, 3.8) is 0 Å². The van der Waals surface area contributed by atoms with Gasteiger partial charge in [-0.3, -0.25) is 9.59 Å². The molecule has 2 N–H and O–H groups in total. The molecule has 124 valence electrons. The van der Waals surface area contributed by atoms with Gasteiger partial charge in [-0.1, -0.05) is 51.9 Å². The van der Waals surface area contributed by atoms with E-state index in [2.05, 4.69) is 6.92 Å². The lowest BCUT2D eigenvalue weighted by Gasteiger charge is -2.20. The van der Waals surface area contributed by atoms with Gasteiger partial charge in [0.2, 0.25) is 0 Å². The smallest absolute Gasteiger partial charge is 0.304 e. The first kappa shape index (κ1) is 19.9. The van der Waals surface area contributed by atoms with E-state index >= 15 is 0 Å². The number of carboxylic acid groups (broad SMARTS) is 2. The first-order chi connectivity index (χ1) is 10.1. The van der Waals surface area contributed by atoms with Crippen LogP contribution in [0.15, 0.2) is 0 Å². The average molecular weight is 301 g/mol. The lowest BCUT2D eigenvalue weighted by molar-refractivity contribution is -0.137. The van der Waals surface area contributed by atoms with E-state index in [4.69, 9.17) is 10.2 Å². The van der Waals surface area contributed by atoms with Crippen molar-refractivity contribution in [1.29, 1.82) is 0 Å². The van der Waals surface area contributed by atoms with Crippen LogP contribution in [-0.4, -0.2) is 46.7 Å². The second-order valence-electron chi connectivity index (χ2n) is 5.60. The lowest BCUT2D eigenvalue weighted by Crippen LogP contribution is -2.30. The second-order valence-corrected chi connectivity index (χ2v) is 5.60. The summed E-state index contributed by atoms with van der Waals surface area (Å²) >= 11 is 0. The molecule has 0 aliphatic carbocycles. The molecule has 21 heavy (non-hydrogen) atoms. The molecule has 0 amide bonds. The molecule has 5 nitrogen and oxygen atoms in total. The average Bonchev–Trinajstić information content (AvgIpc) is 2.43. The zero-order valence-electron chi connectivity index (χ0n) is 13.4. The zero-order valence-corrected chi connectivity index (χ0v) is 13.4. The van der Waals surface area contributed by atoms with E-state index in [0.717, 1.165) is 19.4 Å². The minimum atomic E-state index is -0.828. The van der Waals surface area contributed by atoms with Gasteiger partial charge in [0.15, 0.2) is 0 Å². The second kappa shape index (κ2) is 13.9. The summed E-state index contributed by atoms with van der Waals surface area (Å²) in [6.07, 6.45) is 10.0. The van der Waals surface area contributed by atoms with E-state index in [-0.39, 0.29) is 12.8 Å². The highest BCUT2D eigenvalue weighted by atomic mass is 16.4. The van der Waals surface area contributed by atoms with Crippen LogP contribution in [0, 0.1) is 0 Å². The Hall–Kier alpha value is -1.10. The molecule has 0 unspecified atom stereocenters. The van der Waals surface area contributed by atoms with Crippen molar-refractivity contribution >= 4 is 11.9 Å². The highest BCUT2D eigenvalue weighted by Gasteiger charge is 2.09. The number of carboxylic acids is 2. The van der Waals surface area contributed by atoms with Crippen LogP contribution in [0.5, 0.6) is 0 Å². The van der Waals surface area contributed by atoms with Crippen molar-refractivity contribution in [1.82, 2.24) is 4.90 Å². The minimum Gasteiger partial charge on any atom is -0.481 e. The summed E-state index contributed by atoms with van der Waals surface area (Å²) in [4.78, 5) is 23.2. The number of nitrogens with zero attached hydrogens (tertiary/aromatic N) is 1. The van der Waals surface area contributed by atoms with E-state index in [1.807, 2.05) is 4.90 Å². The number of hydrogen-bond acceptors (Lipinski definition) is 3. The molecule has 0 atom stereocenters. The molecule has 0 aromatic heterocycles. The molecule has 0 rings (SSSR count). The molecule has 5 heteroatoms. The largest absolute Gasteiger partial charge is 0.481 e. The number of hydrogen-bond donors (Lipinski definition) is 2. The predicted molar refractivity (Wildman–Crippen MR) is 83.6 cm³/mol. The van der Waals surface area contributed by atoms with E-state index < -0.39 is 11.9 Å². The number of carbonyl (C=O) groups is 2. The van der Waals surface area contributed by atoms with Gasteiger partial charge < -0.3 is 15.1 Å². The fraction of sp³-hybridized carbons (Fsp3) is 0.875. The fourth-order valence-corrected chi connectivity index (χ4v) is 2.31. The van der Waals surface area contributed by atoms with Crippen LogP contribution in [0.4, 0.5) is 0 Å². The van der Waals surface area contributed by atoms with Crippen LogP contribution >= 0.6 is 0 Å². The monoisotopic (exact) mass is 301 g/mol.